The van der Waals surface area contributed by atoms with Crippen molar-refractivity contribution in [2.24, 2.45) is 5.92 Å². The minimum absolute atomic E-state index is 0.0355. The minimum atomic E-state index is -4.47. The molecule has 2 atom stereocenters. The fourth-order valence-corrected chi connectivity index (χ4v) is 5.80. The van der Waals surface area contributed by atoms with Gasteiger partial charge in [-0.3, -0.25) is 0 Å². The summed E-state index contributed by atoms with van der Waals surface area (Å²) in [5.74, 6) is 0.851. The topological polar surface area (TPSA) is 112 Å². The van der Waals surface area contributed by atoms with Crippen LogP contribution in [-0.4, -0.2) is 40.3 Å². The maximum atomic E-state index is 12.9. The molecule has 8 nitrogen and oxygen atoms in total. The molecule has 1 aliphatic heterocycles. The fraction of sp³-hybridized carbons (Fsp3) is 0.444. The van der Waals surface area contributed by atoms with E-state index < -0.39 is 26.8 Å². The highest BCUT2D eigenvalue weighted by molar-refractivity contribution is 7.99. The lowest BCUT2D eigenvalue weighted by Crippen LogP contribution is -2.07. The van der Waals surface area contributed by atoms with E-state index in [1.165, 1.54) is 12.1 Å². The molecule has 1 saturated heterocycles. The van der Waals surface area contributed by atoms with Crippen molar-refractivity contribution in [1.29, 1.82) is 0 Å². The first-order valence-electron chi connectivity index (χ1n) is 9.30. The van der Waals surface area contributed by atoms with Crippen LogP contribution >= 0.6 is 11.8 Å². The molecule has 0 amide bonds. The van der Waals surface area contributed by atoms with Gasteiger partial charge in [-0.05, 0) is 31.4 Å². The van der Waals surface area contributed by atoms with E-state index in [2.05, 4.69) is 20.3 Å². The van der Waals surface area contributed by atoms with Crippen LogP contribution in [0.25, 0.3) is 11.4 Å². The van der Waals surface area contributed by atoms with Gasteiger partial charge in [0.1, 0.15) is 0 Å². The van der Waals surface area contributed by atoms with Gasteiger partial charge in [0.05, 0.1) is 22.3 Å². The molecule has 2 unspecified atom stereocenters. The number of hydrogen-bond acceptors (Lipinski definition) is 9. The first-order valence-corrected chi connectivity index (χ1v) is 12.0. The number of rotatable bonds is 6. The SMILES string of the molecule is CC(Sc1nnc(CC2CCS(=O)(=O)C2)o1)c1nc(-c2cccc(C(F)(F)F)c2)no1. The normalized spacial score (nSPS) is 19.5. The Labute approximate surface area is 179 Å². The van der Waals surface area contributed by atoms with Crippen molar-refractivity contribution in [2.75, 3.05) is 11.5 Å². The molecule has 4 rings (SSSR count). The van der Waals surface area contributed by atoms with Gasteiger partial charge in [0.15, 0.2) is 9.84 Å². The molecule has 13 heteroatoms. The average molecular weight is 474 g/mol. The second-order valence-electron chi connectivity index (χ2n) is 7.23. The third-order valence-electron chi connectivity index (χ3n) is 4.75. The van der Waals surface area contributed by atoms with Gasteiger partial charge in [-0.25, -0.2) is 8.42 Å². The predicted octanol–water partition coefficient (Wildman–Crippen LogP) is 3.97. The summed E-state index contributed by atoms with van der Waals surface area (Å²) in [7, 11) is -2.98. The van der Waals surface area contributed by atoms with E-state index in [0.717, 1.165) is 23.9 Å². The zero-order valence-electron chi connectivity index (χ0n) is 16.2. The number of aromatic nitrogens is 4. The number of halogens is 3. The van der Waals surface area contributed by atoms with Crippen molar-refractivity contribution in [1.82, 2.24) is 20.3 Å². The summed E-state index contributed by atoms with van der Waals surface area (Å²) in [5.41, 5.74) is -0.610. The smallest absolute Gasteiger partial charge is 0.416 e. The second kappa shape index (κ2) is 8.26. The first-order chi connectivity index (χ1) is 14.6. The van der Waals surface area contributed by atoms with Gasteiger partial charge in [0.25, 0.3) is 5.22 Å². The Kier molecular flexibility index (Phi) is 5.81. The maximum absolute atomic E-state index is 12.9. The highest BCUT2D eigenvalue weighted by Gasteiger charge is 2.31. The van der Waals surface area contributed by atoms with Crippen molar-refractivity contribution < 1.29 is 30.5 Å². The Balaban J connectivity index is 1.41. The quantitative estimate of drug-likeness (QED) is 0.490. The number of benzene rings is 1. The maximum Gasteiger partial charge on any atom is 0.416 e. The van der Waals surface area contributed by atoms with Crippen LogP contribution in [-0.2, 0) is 22.4 Å². The van der Waals surface area contributed by atoms with Crippen LogP contribution in [0.3, 0.4) is 0 Å². The molecule has 0 spiro atoms. The van der Waals surface area contributed by atoms with Crippen LogP contribution in [0.4, 0.5) is 13.2 Å². The van der Waals surface area contributed by atoms with E-state index in [9.17, 15) is 21.6 Å². The molecule has 3 heterocycles. The van der Waals surface area contributed by atoms with E-state index >= 15 is 0 Å². The molecule has 0 saturated carbocycles. The lowest BCUT2D eigenvalue weighted by molar-refractivity contribution is -0.137. The molecule has 2 aromatic heterocycles. The van der Waals surface area contributed by atoms with Crippen molar-refractivity contribution in [3.05, 3.63) is 41.6 Å². The summed E-state index contributed by atoms with van der Waals surface area (Å²) >= 11 is 1.16. The molecule has 3 aromatic rings. The molecular formula is C18H17F3N4O4S2. The second-order valence-corrected chi connectivity index (χ2v) is 10.8. The Morgan fingerprint density at radius 1 is 1.29 bits per heavy atom. The molecule has 0 bridgehead atoms. The van der Waals surface area contributed by atoms with Gasteiger partial charge in [-0.2, -0.15) is 18.2 Å². The molecule has 0 N–H and O–H groups in total. The molecule has 1 fully saturated rings. The van der Waals surface area contributed by atoms with Gasteiger partial charge >= 0.3 is 6.18 Å². The summed E-state index contributed by atoms with van der Waals surface area (Å²) in [6, 6.07) is 4.67. The molecule has 31 heavy (non-hydrogen) atoms. The first kappa shape index (κ1) is 21.8. The number of alkyl halides is 3. The molecule has 0 radical (unpaired) electrons. The van der Waals surface area contributed by atoms with Crippen molar-refractivity contribution in [2.45, 2.75) is 36.4 Å². The van der Waals surface area contributed by atoms with Gasteiger partial charge in [-0.1, -0.05) is 29.1 Å². The number of thioether (sulfide) groups is 1. The van der Waals surface area contributed by atoms with E-state index in [4.69, 9.17) is 8.94 Å². The summed E-state index contributed by atoms with van der Waals surface area (Å²) in [6.45, 7) is 1.75. The lowest BCUT2D eigenvalue weighted by atomic mass is 10.1. The molecule has 166 valence electrons. The van der Waals surface area contributed by atoms with Gasteiger partial charge < -0.3 is 8.94 Å². The zero-order valence-corrected chi connectivity index (χ0v) is 17.8. The highest BCUT2D eigenvalue weighted by Crippen LogP contribution is 2.35. The van der Waals surface area contributed by atoms with Gasteiger partial charge in [0.2, 0.25) is 17.6 Å². The van der Waals surface area contributed by atoms with Crippen LogP contribution in [0.1, 0.15) is 35.9 Å². The number of sulfone groups is 1. The monoisotopic (exact) mass is 474 g/mol. The third kappa shape index (κ3) is 5.26. The molecule has 1 aliphatic rings. The van der Waals surface area contributed by atoms with E-state index in [1.807, 2.05) is 0 Å². The summed E-state index contributed by atoms with van der Waals surface area (Å²) in [5, 5.41) is 11.5. The molecular weight excluding hydrogens is 457 g/mol. The third-order valence-corrected chi connectivity index (χ3v) is 7.51. The largest absolute Gasteiger partial charge is 0.416 e. The van der Waals surface area contributed by atoms with Crippen molar-refractivity contribution in [3.8, 4) is 11.4 Å². The summed E-state index contributed by atoms with van der Waals surface area (Å²) < 4.78 is 72.6. The van der Waals surface area contributed by atoms with Crippen LogP contribution in [0.15, 0.2) is 38.4 Å². The Hall–Kier alpha value is -2.41. The Bertz CT molecular complexity index is 1180. The van der Waals surface area contributed by atoms with Crippen LogP contribution in [0.5, 0.6) is 0 Å². The lowest BCUT2D eigenvalue weighted by Gasteiger charge is -2.06. The summed E-state index contributed by atoms with van der Waals surface area (Å²) in [4.78, 5) is 4.18. The summed E-state index contributed by atoms with van der Waals surface area (Å²) in [6.07, 6.45) is -3.50. The Morgan fingerprint density at radius 3 is 2.81 bits per heavy atom. The van der Waals surface area contributed by atoms with E-state index in [1.54, 1.807) is 6.92 Å². The van der Waals surface area contributed by atoms with E-state index in [0.29, 0.717) is 18.7 Å². The number of hydrogen-bond donors (Lipinski definition) is 0. The zero-order chi connectivity index (χ0) is 22.2. The van der Waals surface area contributed by atoms with Crippen molar-refractivity contribution in [3.63, 3.8) is 0 Å². The standard InChI is InChI=1S/C18H17F3N4O4S2/c1-10(30-17-24-23-14(28-17)7-11-5-6-31(26,27)9-11)16-22-15(25-29-16)12-3-2-4-13(8-12)18(19,20)21/h2-4,8,10-11H,5-7,9H2,1H3. The van der Waals surface area contributed by atoms with E-state index in [-0.39, 0.29) is 39.9 Å². The molecule has 1 aromatic carbocycles. The molecule has 0 aliphatic carbocycles. The van der Waals surface area contributed by atoms with Gasteiger partial charge in [0, 0.05) is 12.0 Å². The Morgan fingerprint density at radius 2 is 2.10 bits per heavy atom. The van der Waals surface area contributed by atoms with Crippen LogP contribution < -0.4 is 0 Å². The van der Waals surface area contributed by atoms with Crippen molar-refractivity contribution >= 4 is 21.6 Å². The predicted molar refractivity (Wildman–Crippen MR) is 104 cm³/mol. The van der Waals surface area contributed by atoms with Crippen LogP contribution in [0, 0.1) is 5.92 Å². The fourth-order valence-electron chi connectivity index (χ4n) is 3.20. The van der Waals surface area contributed by atoms with Gasteiger partial charge in [-0.15, -0.1) is 10.2 Å². The minimum Gasteiger partial charge on any atom is -0.416 e. The average Bonchev–Trinajstić information content (AvgIpc) is 3.42. The highest BCUT2D eigenvalue weighted by atomic mass is 32.2. The number of nitrogens with zero attached hydrogens (tertiary/aromatic N) is 4. The van der Waals surface area contributed by atoms with Crippen LogP contribution in [0.2, 0.25) is 0 Å².